The molecule has 0 aliphatic carbocycles. The van der Waals surface area contributed by atoms with E-state index in [2.05, 4.69) is 12.2 Å². The van der Waals surface area contributed by atoms with Gasteiger partial charge in [0.15, 0.2) is 0 Å². The van der Waals surface area contributed by atoms with Gasteiger partial charge >= 0.3 is 0 Å². The highest BCUT2D eigenvalue weighted by Gasteiger charge is 2.15. The van der Waals surface area contributed by atoms with Gasteiger partial charge in [0.2, 0.25) is 0 Å². The average molecular weight is 270 g/mol. The van der Waals surface area contributed by atoms with Gasteiger partial charge in [-0.3, -0.25) is 4.79 Å². The van der Waals surface area contributed by atoms with E-state index in [1.807, 2.05) is 6.92 Å². The molecule has 0 saturated heterocycles. The summed E-state index contributed by atoms with van der Waals surface area (Å²) in [5, 5.41) is 3.00. The van der Waals surface area contributed by atoms with Crippen molar-refractivity contribution >= 4 is 11.6 Å². The van der Waals surface area contributed by atoms with Crippen LogP contribution >= 0.6 is 0 Å². The van der Waals surface area contributed by atoms with Crippen molar-refractivity contribution in [2.45, 2.75) is 45.6 Å². The van der Waals surface area contributed by atoms with Gasteiger partial charge in [-0.05, 0) is 18.9 Å². The second-order valence-corrected chi connectivity index (χ2v) is 4.57. The predicted octanol–water partition coefficient (Wildman–Crippen LogP) is 3.44. The molecule has 1 unspecified atom stereocenters. The van der Waals surface area contributed by atoms with Gasteiger partial charge in [-0.1, -0.05) is 26.7 Å². The highest BCUT2D eigenvalue weighted by molar-refractivity contribution is 5.94. The largest absolute Gasteiger partial charge is 0.380 e. The molecule has 0 radical (unpaired) electrons. The molecule has 1 atom stereocenters. The van der Waals surface area contributed by atoms with Gasteiger partial charge in [0.1, 0.15) is 11.6 Å². The molecule has 0 saturated carbocycles. The van der Waals surface area contributed by atoms with E-state index >= 15 is 0 Å². The Kier molecular flexibility index (Phi) is 5.73. The molecule has 1 aromatic carbocycles. The zero-order valence-electron chi connectivity index (χ0n) is 11.3. The molecule has 3 nitrogen and oxygen atoms in total. The highest BCUT2D eigenvalue weighted by atomic mass is 19.1. The van der Waals surface area contributed by atoms with Crippen LogP contribution in [0.25, 0.3) is 0 Å². The number of benzene rings is 1. The third-order valence-electron chi connectivity index (χ3n) is 3.08. The minimum atomic E-state index is -0.933. The summed E-state index contributed by atoms with van der Waals surface area (Å²) in [6, 6.07) is 1.93. The number of rotatable bonds is 7. The maximum absolute atomic E-state index is 13.7. The number of hydrogen-bond donors (Lipinski definition) is 2. The van der Waals surface area contributed by atoms with Crippen molar-refractivity contribution in [1.82, 2.24) is 0 Å². The minimum Gasteiger partial charge on any atom is -0.380 e. The van der Waals surface area contributed by atoms with Gasteiger partial charge in [0.05, 0.1) is 11.3 Å². The summed E-state index contributed by atoms with van der Waals surface area (Å²) in [5.74, 6) is -2.54. The van der Waals surface area contributed by atoms with Crippen LogP contribution in [0.4, 0.5) is 14.5 Å². The lowest BCUT2D eigenvalue weighted by molar-refractivity contribution is 0.0996. The van der Waals surface area contributed by atoms with Crippen LogP contribution in [0, 0.1) is 11.6 Å². The van der Waals surface area contributed by atoms with E-state index in [0.717, 1.165) is 31.7 Å². The van der Waals surface area contributed by atoms with E-state index < -0.39 is 17.5 Å². The first-order valence-corrected chi connectivity index (χ1v) is 6.54. The number of carbonyl (C=O) groups excluding carboxylic acids is 1. The summed E-state index contributed by atoms with van der Waals surface area (Å²) in [6.45, 7) is 4.07. The van der Waals surface area contributed by atoms with E-state index in [1.54, 1.807) is 0 Å². The monoisotopic (exact) mass is 270 g/mol. The number of anilines is 1. The molecule has 1 rings (SSSR count). The first-order chi connectivity index (χ1) is 8.99. The molecule has 3 N–H and O–H groups in total. The number of unbranched alkanes of at least 4 members (excludes halogenated alkanes) is 1. The normalized spacial score (nSPS) is 12.2. The average Bonchev–Trinajstić information content (AvgIpc) is 2.36. The molecule has 1 aromatic rings. The van der Waals surface area contributed by atoms with Crippen LogP contribution in [-0.4, -0.2) is 11.9 Å². The van der Waals surface area contributed by atoms with Crippen molar-refractivity contribution in [3.8, 4) is 0 Å². The van der Waals surface area contributed by atoms with Gasteiger partial charge < -0.3 is 11.1 Å². The lowest BCUT2D eigenvalue weighted by Crippen LogP contribution is -2.20. The van der Waals surface area contributed by atoms with Crippen LogP contribution in [0.1, 0.15) is 49.9 Å². The van der Waals surface area contributed by atoms with Gasteiger partial charge in [-0.2, -0.15) is 0 Å². The fourth-order valence-electron chi connectivity index (χ4n) is 1.90. The van der Waals surface area contributed by atoms with Crippen molar-refractivity contribution in [1.29, 1.82) is 0 Å². The Hall–Kier alpha value is -1.65. The Bertz CT molecular complexity index is 449. The third-order valence-corrected chi connectivity index (χ3v) is 3.08. The molecule has 0 heterocycles. The lowest BCUT2D eigenvalue weighted by Gasteiger charge is -2.19. The first-order valence-electron chi connectivity index (χ1n) is 6.54. The Labute approximate surface area is 112 Å². The van der Waals surface area contributed by atoms with Gasteiger partial charge in [0, 0.05) is 12.1 Å². The first kappa shape index (κ1) is 15.4. The Morgan fingerprint density at radius 3 is 2.53 bits per heavy atom. The predicted molar refractivity (Wildman–Crippen MR) is 72.1 cm³/mol. The second-order valence-electron chi connectivity index (χ2n) is 4.57. The van der Waals surface area contributed by atoms with Gasteiger partial charge in [-0.25, -0.2) is 8.78 Å². The van der Waals surface area contributed by atoms with Crippen LogP contribution < -0.4 is 11.1 Å². The van der Waals surface area contributed by atoms with E-state index in [1.165, 1.54) is 0 Å². The molecule has 1 amide bonds. The summed E-state index contributed by atoms with van der Waals surface area (Å²) < 4.78 is 27.0. The molecule has 0 aliphatic heterocycles. The molecule has 106 valence electrons. The number of primary amides is 1. The molecule has 0 fully saturated rings. The summed E-state index contributed by atoms with van der Waals surface area (Å²) in [6.07, 6.45) is 3.80. The fraction of sp³-hybridized carbons (Fsp3) is 0.500. The van der Waals surface area contributed by atoms with E-state index in [-0.39, 0.29) is 17.3 Å². The van der Waals surface area contributed by atoms with Crippen molar-refractivity contribution in [2.24, 2.45) is 5.73 Å². The Balaban J connectivity index is 2.93. The summed E-state index contributed by atoms with van der Waals surface area (Å²) >= 11 is 0. The number of carbonyl (C=O) groups is 1. The minimum absolute atomic E-state index is 0.0978. The maximum Gasteiger partial charge on any atom is 0.251 e. The van der Waals surface area contributed by atoms with Crippen LogP contribution in [0.15, 0.2) is 12.1 Å². The standard InChI is InChI=1S/C14H20F2N2O/c1-3-5-6-9(4-2)18-13-7-10(14(17)19)11(15)8-12(13)16/h7-9,18H,3-6H2,1-2H3,(H2,17,19). The molecule has 0 aromatic heterocycles. The van der Waals surface area contributed by atoms with Gasteiger partial charge in [-0.15, -0.1) is 0 Å². The van der Waals surface area contributed by atoms with Crippen LogP contribution in [0.3, 0.4) is 0 Å². The fourth-order valence-corrected chi connectivity index (χ4v) is 1.90. The van der Waals surface area contributed by atoms with Crippen LogP contribution in [0.2, 0.25) is 0 Å². The quantitative estimate of drug-likeness (QED) is 0.797. The maximum atomic E-state index is 13.7. The molecule has 0 spiro atoms. The summed E-state index contributed by atoms with van der Waals surface area (Å²) in [7, 11) is 0. The molecule has 5 heteroatoms. The molecule has 0 bridgehead atoms. The Morgan fingerprint density at radius 2 is 2.00 bits per heavy atom. The third kappa shape index (κ3) is 4.19. The van der Waals surface area contributed by atoms with E-state index in [0.29, 0.717) is 6.07 Å². The van der Waals surface area contributed by atoms with Crippen molar-refractivity contribution in [3.05, 3.63) is 29.3 Å². The number of amides is 1. The molecular formula is C14H20F2N2O. The van der Waals surface area contributed by atoms with Crippen LogP contribution in [-0.2, 0) is 0 Å². The molecular weight excluding hydrogens is 250 g/mol. The number of halogens is 2. The molecule has 19 heavy (non-hydrogen) atoms. The van der Waals surface area contributed by atoms with Gasteiger partial charge in [0.25, 0.3) is 5.91 Å². The zero-order chi connectivity index (χ0) is 14.4. The number of nitrogens with two attached hydrogens (primary N) is 1. The summed E-state index contributed by atoms with van der Waals surface area (Å²) in [4.78, 5) is 11.0. The summed E-state index contributed by atoms with van der Waals surface area (Å²) in [5.41, 5.74) is 4.87. The molecule has 0 aliphatic rings. The van der Waals surface area contributed by atoms with Crippen molar-refractivity contribution < 1.29 is 13.6 Å². The lowest BCUT2D eigenvalue weighted by atomic mass is 10.1. The smallest absolute Gasteiger partial charge is 0.251 e. The zero-order valence-corrected chi connectivity index (χ0v) is 11.3. The van der Waals surface area contributed by atoms with Crippen molar-refractivity contribution in [2.75, 3.05) is 5.32 Å². The SMILES string of the molecule is CCCCC(CC)Nc1cc(C(N)=O)c(F)cc1F. The number of nitrogens with one attached hydrogen (secondary N) is 1. The number of hydrogen-bond acceptors (Lipinski definition) is 2. The second kappa shape index (κ2) is 7.07. The van der Waals surface area contributed by atoms with Crippen LogP contribution in [0.5, 0.6) is 0 Å². The topological polar surface area (TPSA) is 55.1 Å². The highest BCUT2D eigenvalue weighted by Crippen LogP contribution is 2.21. The Morgan fingerprint density at radius 1 is 1.32 bits per heavy atom. The van der Waals surface area contributed by atoms with Crippen molar-refractivity contribution in [3.63, 3.8) is 0 Å². The van der Waals surface area contributed by atoms with E-state index in [4.69, 9.17) is 5.73 Å². The van der Waals surface area contributed by atoms with E-state index in [9.17, 15) is 13.6 Å².